The van der Waals surface area contributed by atoms with Crippen molar-refractivity contribution in [3.05, 3.63) is 29.8 Å². The van der Waals surface area contributed by atoms with Crippen molar-refractivity contribution in [1.29, 1.82) is 0 Å². The van der Waals surface area contributed by atoms with Crippen molar-refractivity contribution < 1.29 is 28.6 Å². The maximum absolute atomic E-state index is 11.8. The lowest BCUT2D eigenvalue weighted by molar-refractivity contribution is -0.148. The van der Waals surface area contributed by atoms with Gasteiger partial charge < -0.3 is 24.4 Å². The molecule has 0 radical (unpaired) electrons. The highest BCUT2D eigenvalue weighted by Crippen LogP contribution is 2.31. The lowest BCUT2D eigenvalue weighted by atomic mass is 10.1. The molecular weight excluding hydrogens is 328 g/mol. The number of benzene rings is 1. The summed E-state index contributed by atoms with van der Waals surface area (Å²) in [6, 6.07) is 5.23. The van der Waals surface area contributed by atoms with E-state index in [0.717, 1.165) is 0 Å². The predicted molar refractivity (Wildman–Crippen MR) is 91.2 cm³/mol. The van der Waals surface area contributed by atoms with Gasteiger partial charge in [-0.1, -0.05) is 12.1 Å². The van der Waals surface area contributed by atoms with Crippen LogP contribution >= 0.6 is 0 Å². The monoisotopic (exact) mass is 350 g/mol. The van der Waals surface area contributed by atoms with E-state index in [4.69, 9.17) is 14.2 Å². The van der Waals surface area contributed by atoms with Crippen LogP contribution in [0.5, 0.6) is 11.5 Å². The summed E-state index contributed by atoms with van der Waals surface area (Å²) < 4.78 is 15.3. The Balaban J connectivity index is 2.61. The Morgan fingerprint density at radius 2 is 1.92 bits per heavy atom. The first kappa shape index (κ1) is 20.0. The second-order valence-corrected chi connectivity index (χ2v) is 4.95. The second kappa shape index (κ2) is 9.96. The molecule has 0 atom stereocenters. The Kier molecular flexibility index (Phi) is 7.98. The minimum absolute atomic E-state index is 0.107. The van der Waals surface area contributed by atoms with Gasteiger partial charge in [-0.3, -0.25) is 9.59 Å². The number of para-hydroxylation sites is 1. The van der Waals surface area contributed by atoms with Gasteiger partial charge in [0.15, 0.2) is 18.1 Å². The Morgan fingerprint density at radius 3 is 2.52 bits per heavy atom. The van der Waals surface area contributed by atoms with Crippen LogP contribution in [0, 0.1) is 0 Å². The molecule has 136 valence electrons. The number of hydrogen-bond donors (Lipinski definition) is 1. The molecule has 0 saturated carbocycles. The SMILES string of the molecule is CNC(=O)CN(C)C(=O)COC(=O)/C=C/c1cccc(OC)c1OC. The van der Waals surface area contributed by atoms with Crippen LogP contribution in [0.2, 0.25) is 0 Å². The molecule has 0 spiro atoms. The molecule has 1 aromatic rings. The second-order valence-electron chi connectivity index (χ2n) is 4.95. The van der Waals surface area contributed by atoms with Crippen molar-refractivity contribution in [3.8, 4) is 11.5 Å². The number of hydrogen-bond acceptors (Lipinski definition) is 6. The molecule has 0 aliphatic carbocycles. The number of rotatable bonds is 8. The maximum atomic E-state index is 11.8. The van der Waals surface area contributed by atoms with E-state index < -0.39 is 18.5 Å². The largest absolute Gasteiger partial charge is 0.493 e. The van der Waals surface area contributed by atoms with Crippen LogP contribution in [0.4, 0.5) is 0 Å². The third-order valence-electron chi connectivity index (χ3n) is 3.26. The van der Waals surface area contributed by atoms with Gasteiger partial charge in [-0.05, 0) is 12.1 Å². The molecule has 1 rings (SSSR count). The Bertz CT molecular complexity index is 657. The maximum Gasteiger partial charge on any atom is 0.331 e. The summed E-state index contributed by atoms with van der Waals surface area (Å²) in [5, 5.41) is 2.40. The van der Waals surface area contributed by atoms with Gasteiger partial charge in [0.25, 0.3) is 5.91 Å². The van der Waals surface area contributed by atoms with Crippen LogP contribution in [0.25, 0.3) is 6.08 Å². The van der Waals surface area contributed by atoms with Gasteiger partial charge in [0, 0.05) is 25.7 Å². The molecule has 1 N–H and O–H groups in total. The minimum atomic E-state index is -0.688. The number of nitrogens with zero attached hydrogens (tertiary/aromatic N) is 1. The molecule has 25 heavy (non-hydrogen) atoms. The van der Waals surface area contributed by atoms with Gasteiger partial charge in [-0.25, -0.2) is 4.79 Å². The summed E-state index contributed by atoms with van der Waals surface area (Å²) in [7, 11) is 5.93. The molecule has 8 heteroatoms. The third-order valence-corrected chi connectivity index (χ3v) is 3.26. The number of methoxy groups -OCH3 is 2. The van der Waals surface area contributed by atoms with E-state index in [1.165, 1.54) is 45.4 Å². The highest BCUT2D eigenvalue weighted by molar-refractivity contribution is 5.90. The highest BCUT2D eigenvalue weighted by Gasteiger charge is 2.14. The van der Waals surface area contributed by atoms with Crippen molar-refractivity contribution in [2.75, 3.05) is 41.5 Å². The zero-order valence-electron chi connectivity index (χ0n) is 14.7. The zero-order valence-corrected chi connectivity index (χ0v) is 14.7. The number of amides is 2. The van der Waals surface area contributed by atoms with Gasteiger partial charge in [-0.15, -0.1) is 0 Å². The number of nitrogens with one attached hydrogen (secondary N) is 1. The van der Waals surface area contributed by atoms with E-state index in [-0.39, 0.29) is 12.5 Å². The molecule has 0 bridgehead atoms. The smallest absolute Gasteiger partial charge is 0.331 e. The Morgan fingerprint density at radius 1 is 1.20 bits per heavy atom. The van der Waals surface area contributed by atoms with E-state index in [2.05, 4.69) is 5.32 Å². The Hall–Kier alpha value is -3.03. The average molecular weight is 350 g/mol. The molecule has 0 unspecified atom stereocenters. The summed E-state index contributed by atoms with van der Waals surface area (Å²) >= 11 is 0. The molecule has 0 saturated heterocycles. The standard InChI is InChI=1S/C17H22N2O6/c1-18-14(20)10-19(2)15(21)11-25-16(22)9-8-12-6-5-7-13(23-3)17(12)24-4/h5-9H,10-11H2,1-4H3,(H,18,20)/b9-8+. The molecule has 2 amide bonds. The normalized spacial score (nSPS) is 10.2. The Labute approximate surface area is 146 Å². The van der Waals surface area contributed by atoms with Crippen LogP contribution in [0.15, 0.2) is 24.3 Å². The number of carbonyl (C=O) groups excluding carboxylic acids is 3. The summed E-state index contributed by atoms with van der Waals surface area (Å²) in [5.74, 6) is -0.470. The van der Waals surface area contributed by atoms with Crippen molar-refractivity contribution in [2.24, 2.45) is 0 Å². The molecule has 0 fully saturated rings. The molecular formula is C17H22N2O6. The lowest BCUT2D eigenvalue weighted by Gasteiger charge is -2.15. The lowest BCUT2D eigenvalue weighted by Crippen LogP contribution is -2.38. The summed E-state index contributed by atoms with van der Waals surface area (Å²) in [5.41, 5.74) is 0.627. The van der Waals surface area contributed by atoms with E-state index in [0.29, 0.717) is 17.1 Å². The number of ether oxygens (including phenoxy) is 3. The average Bonchev–Trinajstić information content (AvgIpc) is 2.63. The first-order chi connectivity index (χ1) is 11.9. The predicted octanol–water partition coefficient (Wildman–Crippen LogP) is 0.465. The fraction of sp³-hybridized carbons (Fsp3) is 0.353. The molecule has 0 aliphatic heterocycles. The van der Waals surface area contributed by atoms with Crippen molar-refractivity contribution in [3.63, 3.8) is 0 Å². The number of carbonyl (C=O) groups is 3. The molecule has 0 aromatic heterocycles. The van der Waals surface area contributed by atoms with Crippen LogP contribution < -0.4 is 14.8 Å². The minimum Gasteiger partial charge on any atom is -0.493 e. The summed E-state index contributed by atoms with van der Waals surface area (Å²) in [6.07, 6.45) is 2.69. The highest BCUT2D eigenvalue weighted by atomic mass is 16.5. The van der Waals surface area contributed by atoms with Gasteiger partial charge >= 0.3 is 5.97 Å². The summed E-state index contributed by atoms with van der Waals surface area (Å²) in [6.45, 7) is -0.560. The van der Waals surface area contributed by atoms with Crippen molar-refractivity contribution in [1.82, 2.24) is 10.2 Å². The van der Waals surface area contributed by atoms with Crippen LogP contribution in [-0.4, -0.2) is 64.2 Å². The topological polar surface area (TPSA) is 94.2 Å². The molecule has 1 aromatic carbocycles. The van der Waals surface area contributed by atoms with E-state index in [1.54, 1.807) is 18.2 Å². The first-order valence-corrected chi connectivity index (χ1v) is 7.43. The van der Waals surface area contributed by atoms with E-state index >= 15 is 0 Å². The molecule has 8 nitrogen and oxygen atoms in total. The zero-order chi connectivity index (χ0) is 18.8. The van der Waals surface area contributed by atoms with Crippen LogP contribution in [0.1, 0.15) is 5.56 Å². The van der Waals surface area contributed by atoms with Gasteiger partial charge in [0.2, 0.25) is 5.91 Å². The van der Waals surface area contributed by atoms with Crippen molar-refractivity contribution in [2.45, 2.75) is 0 Å². The number of esters is 1. The number of likely N-dealkylation sites (N-methyl/N-ethyl adjacent to an activating group) is 2. The fourth-order valence-electron chi connectivity index (χ4n) is 1.87. The third kappa shape index (κ3) is 6.17. The van der Waals surface area contributed by atoms with Gasteiger partial charge in [-0.2, -0.15) is 0 Å². The van der Waals surface area contributed by atoms with Crippen LogP contribution in [-0.2, 0) is 19.1 Å². The fourth-order valence-corrected chi connectivity index (χ4v) is 1.87. The van der Waals surface area contributed by atoms with E-state index in [1.807, 2.05) is 0 Å². The quantitative estimate of drug-likeness (QED) is 0.541. The molecule has 0 heterocycles. The van der Waals surface area contributed by atoms with Gasteiger partial charge in [0.1, 0.15) is 0 Å². The van der Waals surface area contributed by atoms with Crippen LogP contribution in [0.3, 0.4) is 0 Å². The van der Waals surface area contributed by atoms with E-state index in [9.17, 15) is 14.4 Å². The van der Waals surface area contributed by atoms with Gasteiger partial charge in [0.05, 0.1) is 20.8 Å². The van der Waals surface area contributed by atoms with Crippen molar-refractivity contribution >= 4 is 23.9 Å². The first-order valence-electron chi connectivity index (χ1n) is 7.43. The molecule has 0 aliphatic rings. The summed E-state index contributed by atoms with van der Waals surface area (Å²) in [4.78, 5) is 35.9.